The smallest absolute Gasteiger partial charge is 0.339 e. The van der Waals surface area contributed by atoms with E-state index >= 15 is 0 Å². The van der Waals surface area contributed by atoms with Gasteiger partial charge in [-0.05, 0) is 43.5 Å². The van der Waals surface area contributed by atoms with Crippen molar-refractivity contribution in [3.63, 3.8) is 0 Å². The van der Waals surface area contributed by atoms with Gasteiger partial charge in [0.1, 0.15) is 18.5 Å². The third-order valence-electron chi connectivity index (χ3n) is 5.18. The molecule has 0 fully saturated rings. The minimum atomic E-state index is -4.76. The Morgan fingerprint density at radius 3 is 2.29 bits per heavy atom. The predicted molar refractivity (Wildman–Crippen MR) is 127 cm³/mol. The van der Waals surface area contributed by atoms with Crippen molar-refractivity contribution in [1.82, 2.24) is 19.7 Å². The van der Waals surface area contributed by atoms with Crippen LogP contribution in [0.2, 0.25) is 0 Å². The van der Waals surface area contributed by atoms with Gasteiger partial charge < -0.3 is 9.88 Å². The molecule has 0 aliphatic carbocycles. The van der Waals surface area contributed by atoms with E-state index in [-0.39, 0.29) is 16.9 Å². The first kappa shape index (κ1) is 23.7. The minimum Gasteiger partial charge on any atom is -0.339 e. The van der Waals surface area contributed by atoms with E-state index in [4.69, 9.17) is 0 Å². The van der Waals surface area contributed by atoms with E-state index in [1.165, 1.54) is 12.1 Å². The zero-order valence-electron chi connectivity index (χ0n) is 18.7. The molecule has 2 aromatic heterocycles. The Morgan fingerprint density at radius 2 is 1.71 bits per heavy atom. The van der Waals surface area contributed by atoms with Crippen molar-refractivity contribution >= 4 is 24.0 Å². The molecule has 10 heteroatoms. The molecule has 174 valence electrons. The van der Waals surface area contributed by atoms with Crippen LogP contribution in [-0.2, 0) is 17.8 Å². The Bertz CT molecular complexity index is 1390. The molecule has 0 saturated carbocycles. The lowest BCUT2D eigenvalue weighted by molar-refractivity contribution is -0.136. The first-order valence-corrected chi connectivity index (χ1v) is 12.8. The highest BCUT2D eigenvalue weighted by atomic mass is 31.2. The highest BCUT2D eigenvalue weighted by molar-refractivity contribution is 7.70. The molecule has 0 saturated heterocycles. The number of rotatable bonds is 5. The van der Waals surface area contributed by atoms with Crippen LogP contribution in [0.1, 0.15) is 11.1 Å². The van der Waals surface area contributed by atoms with E-state index in [9.17, 15) is 17.7 Å². The monoisotopic (exact) mass is 483 g/mol. The van der Waals surface area contributed by atoms with Gasteiger partial charge in [0, 0.05) is 29.7 Å². The lowest BCUT2D eigenvalue weighted by Gasteiger charge is -2.20. The lowest BCUT2D eigenvalue weighted by Crippen LogP contribution is -2.16. The molecular weight excluding hydrogens is 462 g/mol. The molecular formula is C24H21F3N5OP. The average molecular weight is 483 g/mol. The second-order valence-electron chi connectivity index (χ2n) is 8.20. The van der Waals surface area contributed by atoms with Gasteiger partial charge >= 0.3 is 6.18 Å². The van der Waals surface area contributed by atoms with Crippen molar-refractivity contribution in [2.45, 2.75) is 6.18 Å². The normalized spacial score (nSPS) is 12.1. The molecule has 6 nitrogen and oxygen atoms in total. The molecule has 0 unspecified atom stereocenters. The Kier molecular flexibility index (Phi) is 6.08. The molecule has 2 heterocycles. The number of nitrogens with zero attached hydrogens (tertiary/aromatic N) is 4. The zero-order chi connectivity index (χ0) is 24.7. The van der Waals surface area contributed by atoms with Crippen LogP contribution >= 0.6 is 7.14 Å². The van der Waals surface area contributed by atoms with E-state index in [2.05, 4.69) is 33.6 Å². The van der Waals surface area contributed by atoms with Crippen LogP contribution in [0.4, 0.5) is 24.7 Å². The topological polar surface area (TPSA) is 72.7 Å². The third-order valence-corrected chi connectivity index (χ3v) is 6.71. The van der Waals surface area contributed by atoms with Crippen molar-refractivity contribution in [1.29, 1.82) is 0 Å². The fourth-order valence-electron chi connectivity index (χ4n) is 3.54. The van der Waals surface area contributed by atoms with Gasteiger partial charge in [0.05, 0.1) is 17.6 Å². The van der Waals surface area contributed by atoms with E-state index < -0.39 is 24.7 Å². The maximum absolute atomic E-state index is 14.2. The van der Waals surface area contributed by atoms with Crippen LogP contribution in [0.15, 0.2) is 54.9 Å². The molecule has 0 atom stereocenters. The predicted octanol–water partition coefficient (Wildman–Crippen LogP) is 5.54. The van der Waals surface area contributed by atoms with Gasteiger partial charge in [0.2, 0.25) is 0 Å². The number of anilines is 2. The van der Waals surface area contributed by atoms with Crippen molar-refractivity contribution in [2.24, 2.45) is 7.05 Å². The molecule has 0 aliphatic heterocycles. The van der Waals surface area contributed by atoms with Gasteiger partial charge in [-0.3, -0.25) is 4.68 Å². The van der Waals surface area contributed by atoms with E-state index in [0.717, 1.165) is 11.1 Å². The second-order valence-corrected chi connectivity index (χ2v) is 11.4. The summed E-state index contributed by atoms with van der Waals surface area (Å²) in [6, 6.07) is 11.2. The van der Waals surface area contributed by atoms with Crippen LogP contribution in [0.5, 0.6) is 0 Å². The molecule has 1 N–H and O–H groups in total. The van der Waals surface area contributed by atoms with Crippen molar-refractivity contribution in [2.75, 3.05) is 18.6 Å². The number of hydrogen-bond donors (Lipinski definition) is 1. The fourth-order valence-corrected chi connectivity index (χ4v) is 4.70. The summed E-state index contributed by atoms with van der Waals surface area (Å²) in [5.41, 5.74) is 1.38. The van der Waals surface area contributed by atoms with Crippen LogP contribution in [-0.4, -0.2) is 33.1 Å². The molecule has 34 heavy (non-hydrogen) atoms. The molecule has 4 rings (SSSR count). The highest BCUT2D eigenvalue weighted by Gasteiger charge is 2.39. The maximum Gasteiger partial charge on any atom is 0.422 e. The van der Waals surface area contributed by atoms with E-state index in [0.29, 0.717) is 10.9 Å². The van der Waals surface area contributed by atoms with Crippen LogP contribution in [0.3, 0.4) is 0 Å². The number of hydrogen-bond acceptors (Lipinski definition) is 5. The molecule has 0 spiro atoms. The third kappa shape index (κ3) is 4.89. The highest BCUT2D eigenvalue weighted by Crippen LogP contribution is 2.43. The first-order valence-electron chi connectivity index (χ1n) is 10.2. The SMILES string of the molecule is [CH2]c1ccc(-c2n[c]nc(Nc3ccc(-c4cnn(C)c4)cc3P(C)(C)=O)c2C(F)(F)F)cc1. The number of aromatic nitrogens is 4. The molecule has 2 radical (unpaired) electrons. The molecule has 2 aromatic carbocycles. The number of alkyl halides is 3. The molecule has 0 bridgehead atoms. The van der Waals surface area contributed by atoms with Crippen LogP contribution in [0.25, 0.3) is 22.4 Å². The fraction of sp³-hybridized carbons (Fsp3) is 0.167. The lowest BCUT2D eigenvalue weighted by atomic mass is 10.0. The summed E-state index contributed by atoms with van der Waals surface area (Å²) < 4.78 is 57.3. The van der Waals surface area contributed by atoms with Crippen molar-refractivity contribution in [3.05, 3.63) is 79.2 Å². The Labute approximate surface area is 195 Å². The van der Waals surface area contributed by atoms with Crippen molar-refractivity contribution < 1.29 is 17.7 Å². The maximum atomic E-state index is 14.2. The summed E-state index contributed by atoms with van der Waals surface area (Å²) in [7, 11) is -1.12. The van der Waals surface area contributed by atoms with Crippen LogP contribution in [0, 0.1) is 13.3 Å². The second kappa shape index (κ2) is 8.72. The number of halogens is 3. The van der Waals surface area contributed by atoms with Gasteiger partial charge in [-0.25, -0.2) is 9.97 Å². The van der Waals surface area contributed by atoms with Gasteiger partial charge in [0.25, 0.3) is 0 Å². The van der Waals surface area contributed by atoms with Gasteiger partial charge in [-0.2, -0.15) is 18.3 Å². The number of nitrogens with one attached hydrogen (secondary N) is 1. The standard InChI is InChI=1S/C24H21F3N5OP/c1-15-5-7-16(8-6-15)22-21(24(25,26)27)23(29-14-28-22)31-19-10-9-17(11-20(19)34(3,4)33)18-12-30-32(2)13-18/h5-13H,1H2,2-4H3,(H,28,29,31). The Morgan fingerprint density at radius 1 is 1.03 bits per heavy atom. The largest absolute Gasteiger partial charge is 0.422 e. The number of aryl methyl sites for hydroxylation is 1. The summed E-state index contributed by atoms with van der Waals surface area (Å²) in [6.07, 6.45) is 1.02. The summed E-state index contributed by atoms with van der Waals surface area (Å²) in [6.45, 7) is 6.87. The Balaban J connectivity index is 1.84. The molecule has 0 amide bonds. The van der Waals surface area contributed by atoms with Crippen LogP contribution < -0.4 is 10.6 Å². The molecule has 4 aromatic rings. The quantitative estimate of drug-likeness (QED) is 0.378. The van der Waals surface area contributed by atoms with E-state index in [1.807, 2.05) is 0 Å². The zero-order valence-corrected chi connectivity index (χ0v) is 19.6. The average Bonchev–Trinajstić information content (AvgIpc) is 3.19. The number of benzene rings is 2. The first-order chi connectivity index (χ1) is 15.9. The van der Waals surface area contributed by atoms with Gasteiger partial charge in [-0.1, -0.05) is 30.3 Å². The van der Waals surface area contributed by atoms with Gasteiger partial charge in [0.15, 0.2) is 6.33 Å². The van der Waals surface area contributed by atoms with E-state index in [1.54, 1.807) is 67.8 Å². The summed E-state index contributed by atoms with van der Waals surface area (Å²) in [4.78, 5) is 7.56. The Hall–Kier alpha value is -3.45. The van der Waals surface area contributed by atoms with Gasteiger partial charge in [-0.15, -0.1) is 0 Å². The summed E-state index contributed by atoms with van der Waals surface area (Å²) >= 11 is 0. The minimum absolute atomic E-state index is 0.255. The van der Waals surface area contributed by atoms with Crippen molar-refractivity contribution in [3.8, 4) is 22.4 Å². The molecule has 0 aliphatic rings. The summed E-state index contributed by atoms with van der Waals surface area (Å²) in [5.74, 6) is -0.472. The summed E-state index contributed by atoms with van der Waals surface area (Å²) in [5, 5.41) is 7.28.